The third kappa shape index (κ3) is 3.34. The first-order chi connectivity index (χ1) is 16.1. The maximum absolute atomic E-state index is 13.5. The van der Waals surface area contributed by atoms with E-state index in [-0.39, 0.29) is 41.9 Å². The molecule has 1 aliphatic heterocycles. The van der Waals surface area contributed by atoms with Crippen molar-refractivity contribution in [2.75, 3.05) is 0 Å². The van der Waals surface area contributed by atoms with Gasteiger partial charge in [-0.2, -0.15) is 0 Å². The lowest BCUT2D eigenvalue weighted by atomic mass is 9.81. The monoisotopic (exact) mass is 439 g/mol. The van der Waals surface area contributed by atoms with Crippen molar-refractivity contribution in [1.82, 2.24) is 4.90 Å². The number of fused-ring (bicyclic) bond motifs is 6. The van der Waals surface area contributed by atoms with Gasteiger partial charge in [0.15, 0.2) is 0 Å². The molecule has 2 saturated carbocycles. The average molecular weight is 440 g/mol. The number of nitrogens with zero attached hydrogens (tertiary/aromatic N) is 1. The molecule has 5 heteroatoms. The fourth-order valence-electron chi connectivity index (χ4n) is 6.27. The Balaban J connectivity index is 1.32. The van der Waals surface area contributed by atoms with Crippen molar-refractivity contribution in [3.63, 3.8) is 0 Å². The molecule has 3 aliphatic rings. The van der Waals surface area contributed by atoms with E-state index in [2.05, 4.69) is 0 Å². The molecule has 0 unspecified atom stereocenters. The summed E-state index contributed by atoms with van der Waals surface area (Å²) < 4.78 is 5.77. The molecule has 6 rings (SSSR count). The number of ether oxygens (including phenoxy) is 1. The number of hydrogen-bond acceptors (Lipinski definition) is 4. The van der Waals surface area contributed by atoms with Crippen LogP contribution in [0.4, 0.5) is 0 Å². The summed E-state index contributed by atoms with van der Waals surface area (Å²) in [4.78, 5) is 41.6. The minimum Gasteiger partial charge on any atom is -0.425 e. The minimum absolute atomic E-state index is 0.186. The fraction of sp³-hybridized carbons (Fsp3) is 0.321. The maximum Gasteiger partial charge on any atom is 0.335 e. The van der Waals surface area contributed by atoms with E-state index in [4.69, 9.17) is 4.74 Å². The molecule has 33 heavy (non-hydrogen) atoms. The smallest absolute Gasteiger partial charge is 0.335 e. The molecule has 0 N–H and O–H groups in total. The Morgan fingerprint density at radius 2 is 1.48 bits per heavy atom. The maximum atomic E-state index is 13.5. The van der Waals surface area contributed by atoms with Crippen molar-refractivity contribution in [2.24, 2.45) is 23.7 Å². The number of hydrogen-bond donors (Lipinski definition) is 0. The normalized spacial score (nSPS) is 26.6. The van der Waals surface area contributed by atoms with Crippen LogP contribution in [0.15, 0.2) is 72.8 Å². The third-order valence-electron chi connectivity index (χ3n) is 7.76. The van der Waals surface area contributed by atoms with E-state index in [1.54, 1.807) is 6.07 Å². The van der Waals surface area contributed by atoms with Crippen LogP contribution in [0, 0.1) is 23.7 Å². The van der Waals surface area contributed by atoms with Crippen molar-refractivity contribution >= 4 is 28.6 Å². The Morgan fingerprint density at radius 3 is 2.18 bits per heavy atom. The SMILES string of the molecule is O=C(Oc1ccc2ccccc2c1)[C@H](Cc1ccccc1)N1C(=O)[C@H]2[C@@H]3CC[C@@H](C3)[C@@H]2C1=O. The molecule has 166 valence electrons. The van der Waals surface area contributed by atoms with Gasteiger partial charge in [0.1, 0.15) is 11.8 Å². The lowest BCUT2D eigenvalue weighted by Crippen LogP contribution is -2.49. The highest BCUT2D eigenvalue weighted by molar-refractivity contribution is 6.08. The Bertz CT molecular complexity index is 1230. The summed E-state index contributed by atoms with van der Waals surface area (Å²) in [6.07, 6.45) is 3.22. The van der Waals surface area contributed by atoms with E-state index in [9.17, 15) is 14.4 Å². The molecule has 5 nitrogen and oxygen atoms in total. The Kier molecular flexibility index (Phi) is 4.79. The average Bonchev–Trinajstić information content (AvgIpc) is 3.52. The molecule has 2 bridgehead atoms. The van der Waals surface area contributed by atoms with Gasteiger partial charge in [-0.05, 0) is 59.6 Å². The number of esters is 1. The predicted molar refractivity (Wildman–Crippen MR) is 123 cm³/mol. The lowest BCUT2D eigenvalue weighted by Gasteiger charge is -2.26. The van der Waals surface area contributed by atoms with Crippen molar-refractivity contribution < 1.29 is 19.1 Å². The Morgan fingerprint density at radius 1 is 0.848 bits per heavy atom. The third-order valence-corrected chi connectivity index (χ3v) is 7.76. The van der Waals surface area contributed by atoms with Crippen LogP contribution < -0.4 is 4.74 Å². The zero-order chi connectivity index (χ0) is 22.5. The summed E-state index contributed by atoms with van der Waals surface area (Å²) in [7, 11) is 0. The molecule has 0 radical (unpaired) electrons. The second-order valence-electron chi connectivity index (χ2n) is 9.57. The highest BCUT2D eigenvalue weighted by atomic mass is 16.5. The standard InChI is InChI=1S/C28H25NO4/c30-26-24-20-10-11-21(15-20)25(24)27(31)29(26)23(14-17-6-2-1-3-7-17)28(32)33-22-13-12-18-8-4-5-9-19(18)16-22/h1-9,12-13,16,20-21,23-25H,10-11,14-15H2/t20-,21+,23-,24-,25-/m0/s1. The van der Waals surface area contributed by atoms with E-state index in [0.717, 1.165) is 35.6 Å². The number of carbonyl (C=O) groups is 3. The summed E-state index contributed by atoms with van der Waals surface area (Å²) in [6, 6.07) is 21.8. The van der Waals surface area contributed by atoms with Gasteiger partial charge in [-0.1, -0.05) is 60.7 Å². The molecule has 0 aromatic heterocycles. The van der Waals surface area contributed by atoms with Gasteiger partial charge >= 0.3 is 5.97 Å². The van der Waals surface area contributed by atoms with E-state index >= 15 is 0 Å². The summed E-state index contributed by atoms with van der Waals surface area (Å²) in [5.74, 6) is -0.502. The van der Waals surface area contributed by atoms with E-state index in [1.807, 2.05) is 66.7 Å². The first-order valence-electron chi connectivity index (χ1n) is 11.7. The molecule has 2 amide bonds. The fourth-order valence-corrected chi connectivity index (χ4v) is 6.27. The molecule has 2 aliphatic carbocycles. The zero-order valence-electron chi connectivity index (χ0n) is 18.2. The summed E-state index contributed by atoms with van der Waals surface area (Å²) in [6.45, 7) is 0. The Labute approximate surface area is 192 Å². The number of likely N-dealkylation sites (tertiary alicyclic amines) is 1. The molecule has 1 heterocycles. The highest BCUT2D eigenvalue weighted by Crippen LogP contribution is 2.56. The van der Waals surface area contributed by atoms with Crippen LogP contribution in [0.1, 0.15) is 24.8 Å². The number of carbonyl (C=O) groups excluding carboxylic acids is 3. The molecule has 3 aromatic rings. The number of amides is 2. The van der Waals surface area contributed by atoms with E-state index in [1.165, 1.54) is 4.90 Å². The van der Waals surface area contributed by atoms with Crippen LogP contribution in [0.25, 0.3) is 10.8 Å². The molecule has 1 saturated heterocycles. The van der Waals surface area contributed by atoms with Crippen LogP contribution in [-0.4, -0.2) is 28.7 Å². The van der Waals surface area contributed by atoms with Gasteiger partial charge in [-0.3, -0.25) is 14.5 Å². The molecule has 0 spiro atoms. The van der Waals surface area contributed by atoms with Gasteiger partial charge in [0.2, 0.25) is 11.8 Å². The van der Waals surface area contributed by atoms with Gasteiger partial charge in [0.25, 0.3) is 0 Å². The second-order valence-corrected chi connectivity index (χ2v) is 9.57. The van der Waals surface area contributed by atoms with Crippen molar-refractivity contribution in [1.29, 1.82) is 0 Å². The summed E-state index contributed by atoms with van der Waals surface area (Å²) in [5, 5.41) is 2.01. The quantitative estimate of drug-likeness (QED) is 0.336. The lowest BCUT2D eigenvalue weighted by molar-refractivity contribution is -0.154. The highest BCUT2D eigenvalue weighted by Gasteiger charge is 2.62. The second kappa shape index (κ2) is 7.84. The van der Waals surface area contributed by atoms with E-state index in [0.29, 0.717) is 5.75 Å². The van der Waals surface area contributed by atoms with Crippen LogP contribution >= 0.6 is 0 Å². The van der Waals surface area contributed by atoms with Gasteiger partial charge in [-0.15, -0.1) is 0 Å². The van der Waals surface area contributed by atoms with Crippen LogP contribution in [-0.2, 0) is 20.8 Å². The minimum atomic E-state index is -0.969. The number of benzene rings is 3. The predicted octanol–water partition coefficient (Wildman–Crippen LogP) is 4.39. The zero-order valence-corrected chi connectivity index (χ0v) is 18.2. The number of imide groups is 1. The van der Waals surface area contributed by atoms with Gasteiger partial charge in [0, 0.05) is 6.42 Å². The topological polar surface area (TPSA) is 63.7 Å². The van der Waals surface area contributed by atoms with Crippen molar-refractivity contribution in [3.8, 4) is 5.75 Å². The van der Waals surface area contributed by atoms with Gasteiger partial charge in [0.05, 0.1) is 11.8 Å². The molecule has 3 fully saturated rings. The summed E-state index contributed by atoms with van der Waals surface area (Å²) >= 11 is 0. The van der Waals surface area contributed by atoms with Gasteiger partial charge in [-0.25, -0.2) is 4.79 Å². The molecule has 5 atom stereocenters. The van der Waals surface area contributed by atoms with Crippen LogP contribution in [0.3, 0.4) is 0 Å². The molecular formula is C28H25NO4. The number of rotatable bonds is 5. The van der Waals surface area contributed by atoms with Crippen LogP contribution in [0.2, 0.25) is 0 Å². The van der Waals surface area contributed by atoms with Gasteiger partial charge < -0.3 is 4.74 Å². The van der Waals surface area contributed by atoms with Crippen molar-refractivity contribution in [3.05, 3.63) is 78.4 Å². The van der Waals surface area contributed by atoms with E-state index < -0.39 is 12.0 Å². The first kappa shape index (κ1) is 20.2. The first-order valence-corrected chi connectivity index (χ1v) is 11.7. The molecular weight excluding hydrogens is 414 g/mol. The van der Waals surface area contributed by atoms with Crippen molar-refractivity contribution in [2.45, 2.75) is 31.7 Å². The molecule has 3 aromatic carbocycles. The Hall–Kier alpha value is -3.47. The summed E-state index contributed by atoms with van der Waals surface area (Å²) in [5.41, 5.74) is 0.888. The van der Waals surface area contributed by atoms with Crippen LogP contribution in [0.5, 0.6) is 5.75 Å². The largest absolute Gasteiger partial charge is 0.425 e.